The van der Waals surface area contributed by atoms with E-state index in [9.17, 15) is 9.90 Å². The number of carbonyl (C=O) groups is 1. The Labute approximate surface area is 150 Å². The van der Waals surface area contributed by atoms with Gasteiger partial charge in [-0.05, 0) is 36.8 Å². The molecule has 2 saturated heterocycles. The highest BCUT2D eigenvalue weighted by atomic mass is 16.5. The van der Waals surface area contributed by atoms with Crippen LogP contribution in [0.25, 0.3) is 6.08 Å². The normalized spacial score (nSPS) is 26.5. The second kappa shape index (κ2) is 7.71. The summed E-state index contributed by atoms with van der Waals surface area (Å²) < 4.78 is 6.39. The van der Waals surface area contributed by atoms with Crippen molar-refractivity contribution in [3.05, 3.63) is 42.0 Å². The summed E-state index contributed by atoms with van der Waals surface area (Å²) in [7, 11) is 0. The third-order valence-corrected chi connectivity index (χ3v) is 5.46. The summed E-state index contributed by atoms with van der Waals surface area (Å²) in [6.45, 7) is 5.66. The Bertz CT molecular complexity index is 603. The van der Waals surface area contributed by atoms with E-state index in [1.54, 1.807) is 6.08 Å². The molecule has 2 heterocycles. The van der Waals surface area contributed by atoms with Gasteiger partial charge in [-0.25, -0.2) is 0 Å². The minimum atomic E-state index is -0.290. The van der Waals surface area contributed by atoms with E-state index in [2.05, 4.69) is 13.8 Å². The first kappa shape index (κ1) is 18.2. The van der Waals surface area contributed by atoms with E-state index in [0.717, 1.165) is 24.8 Å². The number of hydrogen-bond acceptors (Lipinski definition) is 3. The van der Waals surface area contributed by atoms with Gasteiger partial charge in [0.25, 0.3) is 0 Å². The molecule has 0 saturated carbocycles. The number of aliphatic hydroxyl groups is 1. The Morgan fingerprint density at radius 1 is 1.28 bits per heavy atom. The monoisotopic (exact) mass is 343 g/mol. The SMILES string of the molecule is CC(C)[C@H]1C[C@@H](O)CC2(CCN(C(=O)/C=C/c3ccccc3)CC2)O1. The summed E-state index contributed by atoms with van der Waals surface area (Å²) in [4.78, 5) is 14.3. The van der Waals surface area contributed by atoms with Gasteiger partial charge in [0.05, 0.1) is 17.8 Å². The average molecular weight is 343 g/mol. The summed E-state index contributed by atoms with van der Waals surface area (Å²) in [5.74, 6) is 0.454. The molecule has 0 aromatic heterocycles. The summed E-state index contributed by atoms with van der Waals surface area (Å²) in [5.41, 5.74) is 0.773. The van der Waals surface area contributed by atoms with Crippen LogP contribution in [-0.4, -0.2) is 46.8 Å². The minimum absolute atomic E-state index is 0.0514. The van der Waals surface area contributed by atoms with Crippen LogP contribution in [0, 0.1) is 5.92 Å². The van der Waals surface area contributed by atoms with Crippen molar-refractivity contribution >= 4 is 12.0 Å². The first-order valence-corrected chi connectivity index (χ1v) is 9.35. The Kier molecular flexibility index (Phi) is 5.60. The molecule has 2 atom stereocenters. The molecule has 0 bridgehead atoms. The number of aliphatic hydroxyl groups excluding tert-OH is 1. The first-order chi connectivity index (χ1) is 12.0. The maximum atomic E-state index is 12.4. The fourth-order valence-electron chi connectivity index (χ4n) is 3.90. The molecule has 2 aliphatic rings. The van der Waals surface area contributed by atoms with Gasteiger partial charge in [0, 0.05) is 25.6 Å². The molecule has 4 heteroatoms. The van der Waals surface area contributed by atoms with E-state index in [0.29, 0.717) is 25.4 Å². The van der Waals surface area contributed by atoms with Gasteiger partial charge in [-0.1, -0.05) is 44.2 Å². The molecule has 136 valence electrons. The summed E-state index contributed by atoms with van der Waals surface area (Å²) in [6.07, 6.45) is 6.37. The van der Waals surface area contributed by atoms with E-state index >= 15 is 0 Å². The molecule has 1 N–H and O–H groups in total. The fourth-order valence-corrected chi connectivity index (χ4v) is 3.90. The minimum Gasteiger partial charge on any atom is -0.393 e. The first-order valence-electron chi connectivity index (χ1n) is 9.35. The zero-order chi connectivity index (χ0) is 17.9. The van der Waals surface area contributed by atoms with E-state index in [1.807, 2.05) is 41.3 Å². The van der Waals surface area contributed by atoms with Crippen LogP contribution >= 0.6 is 0 Å². The molecular formula is C21H29NO3. The molecule has 4 nitrogen and oxygen atoms in total. The third-order valence-electron chi connectivity index (χ3n) is 5.46. The van der Waals surface area contributed by atoms with Crippen molar-refractivity contribution in [1.82, 2.24) is 4.90 Å². The molecule has 2 fully saturated rings. The van der Waals surface area contributed by atoms with Crippen LogP contribution in [0.1, 0.15) is 45.1 Å². The quantitative estimate of drug-likeness (QED) is 0.857. The van der Waals surface area contributed by atoms with Crippen molar-refractivity contribution in [3.8, 4) is 0 Å². The highest BCUT2D eigenvalue weighted by Crippen LogP contribution is 2.39. The lowest BCUT2D eigenvalue weighted by Gasteiger charge is -2.48. The Hall–Kier alpha value is -1.65. The van der Waals surface area contributed by atoms with Crippen LogP contribution in [0.2, 0.25) is 0 Å². The van der Waals surface area contributed by atoms with Gasteiger partial charge in [-0.15, -0.1) is 0 Å². The number of likely N-dealkylation sites (tertiary alicyclic amines) is 1. The summed E-state index contributed by atoms with van der Waals surface area (Å²) >= 11 is 0. The molecule has 1 aromatic carbocycles. The lowest BCUT2D eigenvalue weighted by Crippen LogP contribution is -2.54. The van der Waals surface area contributed by atoms with E-state index in [-0.39, 0.29) is 23.7 Å². The van der Waals surface area contributed by atoms with Crippen molar-refractivity contribution in [2.24, 2.45) is 5.92 Å². The Morgan fingerprint density at radius 3 is 2.60 bits per heavy atom. The van der Waals surface area contributed by atoms with Crippen LogP contribution in [0.5, 0.6) is 0 Å². The zero-order valence-corrected chi connectivity index (χ0v) is 15.2. The predicted octanol–water partition coefficient (Wildman–Crippen LogP) is 3.26. The maximum absolute atomic E-state index is 12.4. The Morgan fingerprint density at radius 2 is 1.96 bits per heavy atom. The molecule has 2 aliphatic heterocycles. The second-order valence-electron chi connectivity index (χ2n) is 7.75. The molecule has 25 heavy (non-hydrogen) atoms. The number of benzene rings is 1. The zero-order valence-electron chi connectivity index (χ0n) is 15.2. The van der Waals surface area contributed by atoms with Gasteiger partial charge in [0.15, 0.2) is 0 Å². The molecule has 0 radical (unpaired) electrons. The molecular weight excluding hydrogens is 314 g/mol. The molecule has 3 rings (SSSR count). The third kappa shape index (κ3) is 4.50. The van der Waals surface area contributed by atoms with Crippen molar-refractivity contribution in [1.29, 1.82) is 0 Å². The predicted molar refractivity (Wildman–Crippen MR) is 99.0 cm³/mol. The van der Waals surface area contributed by atoms with Crippen molar-refractivity contribution in [2.75, 3.05) is 13.1 Å². The standard InChI is InChI=1S/C21H29NO3/c1-16(2)19-14-18(23)15-21(25-19)10-12-22(13-11-21)20(24)9-8-17-6-4-3-5-7-17/h3-9,16,18-19,23H,10-15H2,1-2H3/b9-8+/t18-,19-/m1/s1. The number of hydrogen-bond donors (Lipinski definition) is 1. The average Bonchev–Trinajstić information content (AvgIpc) is 2.60. The van der Waals surface area contributed by atoms with Gasteiger partial charge in [0.2, 0.25) is 5.91 Å². The van der Waals surface area contributed by atoms with Crippen molar-refractivity contribution in [2.45, 2.75) is 57.3 Å². The van der Waals surface area contributed by atoms with Crippen molar-refractivity contribution < 1.29 is 14.6 Å². The highest BCUT2D eigenvalue weighted by molar-refractivity contribution is 5.91. The van der Waals surface area contributed by atoms with Crippen LogP contribution in [0.3, 0.4) is 0 Å². The number of amides is 1. The van der Waals surface area contributed by atoms with Crippen molar-refractivity contribution in [3.63, 3.8) is 0 Å². The smallest absolute Gasteiger partial charge is 0.246 e. The molecule has 1 amide bonds. The topological polar surface area (TPSA) is 49.8 Å². The van der Waals surface area contributed by atoms with Crippen LogP contribution < -0.4 is 0 Å². The lowest BCUT2D eigenvalue weighted by molar-refractivity contribution is -0.193. The van der Waals surface area contributed by atoms with Gasteiger partial charge in [0.1, 0.15) is 0 Å². The lowest BCUT2D eigenvalue weighted by atomic mass is 9.80. The maximum Gasteiger partial charge on any atom is 0.246 e. The second-order valence-corrected chi connectivity index (χ2v) is 7.75. The van der Waals surface area contributed by atoms with Gasteiger partial charge < -0.3 is 14.7 Å². The Balaban J connectivity index is 1.57. The molecule has 0 unspecified atom stereocenters. The fraction of sp³-hybridized carbons (Fsp3) is 0.571. The van der Waals surface area contributed by atoms with E-state index in [4.69, 9.17) is 4.74 Å². The number of ether oxygens (including phenoxy) is 1. The number of carbonyl (C=O) groups excluding carboxylic acids is 1. The highest BCUT2D eigenvalue weighted by Gasteiger charge is 2.44. The number of nitrogens with zero attached hydrogens (tertiary/aromatic N) is 1. The number of rotatable bonds is 3. The molecule has 1 spiro atoms. The van der Waals surface area contributed by atoms with Gasteiger partial charge in [-0.3, -0.25) is 4.79 Å². The van der Waals surface area contributed by atoms with Crippen LogP contribution in [0.15, 0.2) is 36.4 Å². The van der Waals surface area contributed by atoms with E-state index < -0.39 is 0 Å². The largest absolute Gasteiger partial charge is 0.393 e. The van der Waals surface area contributed by atoms with Crippen LogP contribution in [-0.2, 0) is 9.53 Å². The van der Waals surface area contributed by atoms with Gasteiger partial charge in [-0.2, -0.15) is 0 Å². The summed E-state index contributed by atoms with van der Waals surface area (Å²) in [5, 5.41) is 10.3. The van der Waals surface area contributed by atoms with E-state index in [1.165, 1.54) is 0 Å². The molecule has 1 aromatic rings. The van der Waals surface area contributed by atoms with Crippen LogP contribution in [0.4, 0.5) is 0 Å². The number of piperidine rings is 1. The molecule has 0 aliphatic carbocycles. The van der Waals surface area contributed by atoms with Gasteiger partial charge >= 0.3 is 0 Å². The summed E-state index contributed by atoms with van der Waals surface area (Å²) in [6, 6.07) is 9.86.